The van der Waals surface area contributed by atoms with E-state index in [-0.39, 0.29) is 12.1 Å². The minimum atomic E-state index is -0.0623. The minimum Gasteiger partial charge on any atom is -0.467 e. The van der Waals surface area contributed by atoms with Crippen LogP contribution in [-0.4, -0.2) is 17.5 Å². The highest BCUT2D eigenvalue weighted by Crippen LogP contribution is 2.32. The average molecular weight is 270 g/mol. The summed E-state index contributed by atoms with van der Waals surface area (Å²) in [5.41, 5.74) is 2.00. The summed E-state index contributed by atoms with van der Waals surface area (Å²) in [6, 6.07) is 11.6. The van der Waals surface area contributed by atoms with Gasteiger partial charge >= 0.3 is 6.03 Å². The van der Waals surface area contributed by atoms with Gasteiger partial charge in [0.15, 0.2) is 0 Å². The number of likely N-dealkylation sites (tertiary alicyclic amines) is 1. The summed E-state index contributed by atoms with van der Waals surface area (Å²) in [4.78, 5) is 14.2. The molecule has 4 heteroatoms. The fraction of sp³-hybridized carbons (Fsp3) is 0.312. The van der Waals surface area contributed by atoms with Gasteiger partial charge in [0.05, 0.1) is 12.3 Å². The zero-order chi connectivity index (χ0) is 13.9. The van der Waals surface area contributed by atoms with Crippen LogP contribution in [0.15, 0.2) is 47.1 Å². The van der Waals surface area contributed by atoms with Crippen LogP contribution in [0.2, 0.25) is 0 Å². The van der Waals surface area contributed by atoms with Crippen molar-refractivity contribution in [3.05, 3.63) is 54.0 Å². The Bertz CT molecular complexity index is 575. The van der Waals surface area contributed by atoms with Crippen LogP contribution >= 0.6 is 0 Å². The molecule has 0 bridgehead atoms. The molecule has 104 valence electrons. The number of rotatable bonds is 2. The first-order valence-electron chi connectivity index (χ1n) is 6.92. The van der Waals surface area contributed by atoms with Gasteiger partial charge in [-0.15, -0.1) is 0 Å². The molecule has 0 aliphatic carbocycles. The first kappa shape index (κ1) is 12.8. The standard InChI is InChI=1S/C16H18N2O2/c1-12-6-8-13(9-7-12)17-16(19)18-10-2-4-14(18)15-5-3-11-20-15/h3,5-9,11,14H,2,4,10H2,1H3,(H,17,19). The van der Waals surface area contributed by atoms with E-state index in [1.165, 1.54) is 5.56 Å². The first-order chi connectivity index (χ1) is 9.74. The second-order valence-corrected chi connectivity index (χ2v) is 5.16. The molecule has 1 unspecified atom stereocenters. The van der Waals surface area contributed by atoms with Crippen LogP contribution in [0.25, 0.3) is 0 Å². The maximum Gasteiger partial charge on any atom is 0.322 e. The number of carbonyl (C=O) groups excluding carboxylic acids is 1. The molecule has 1 aliphatic rings. The van der Waals surface area contributed by atoms with E-state index >= 15 is 0 Å². The van der Waals surface area contributed by atoms with E-state index in [1.54, 1.807) is 6.26 Å². The second-order valence-electron chi connectivity index (χ2n) is 5.16. The van der Waals surface area contributed by atoms with E-state index in [1.807, 2.05) is 48.2 Å². The van der Waals surface area contributed by atoms with Gasteiger partial charge in [-0.2, -0.15) is 0 Å². The highest BCUT2D eigenvalue weighted by atomic mass is 16.3. The maximum absolute atomic E-state index is 12.4. The summed E-state index contributed by atoms with van der Waals surface area (Å²) >= 11 is 0. The van der Waals surface area contributed by atoms with Gasteiger partial charge in [-0.25, -0.2) is 4.79 Å². The third-order valence-corrected chi connectivity index (χ3v) is 3.69. The monoisotopic (exact) mass is 270 g/mol. The van der Waals surface area contributed by atoms with Crippen molar-refractivity contribution in [2.24, 2.45) is 0 Å². The number of furan rings is 1. The average Bonchev–Trinajstić information content (AvgIpc) is 3.11. The number of nitrogens with zero attached hydrogens (tertiary/aromatic N) is 1. The highest BCUT2D eigenvalue weighted by molar-refractivity contribution is 5.89. The Labute approximate surface area is 118 Å². The molecule has 1 fully saturated rings. The summed E-state index contributed by atoms with van der Waals surface area (Å²) in [7, 11) is 0. The highest BCUT2D eigenvalue weighted by Gasteiger charge is 2.31. The van der Waals surface area contributed by atoms with Crippen molar-refractivity contribution < 1.29 is 9.21 Å². The first-order valence-corrected chi connectivity index (χ1v) is 6.92. The lowest BCUT2D eigenvalue weighted by Crippen LogP contribution is -2.34. The normalized spacial score (nSPS) is 18.2. The molecule has 3 rings (SSSR count). The number of anilines is 1. The summed E-state index contributed by atoms with van der Waals surface area (Å²) in [5.74, 6) is 0.863. The number of benzene rings is 1. The van der Waals surface area contributed by atoms with Gasteiger partial charge in [-0.1, -0.05) is 17.7 Å². The summed E-state index contributed by atoms with van der Waals surface area (Å²) in [6.45, 7) is 2.79. The number of aryl methyl sites for hydroxylation is 1. The van der Waals surface area contributed by atoms with Crippen LogP contribution in [0.3, 0.4) is 0 Å². The fourth-order valence-corrected chi connectivity index (χ4v) is 2.62. The SMILES string of the molecule is Cc1ccc(NC(=O)N2CCCC2c2ccco2)cc1. The number of nitrogens with one attached hydrogen (secondary N) is 1. The lowest BCUT2D eigenvalue weighted by atomic mass is 10.2. The fourth-order valence-electron chi connectivity index (χ4n) is 2.62. The third-order valence-electron chi connectivity index (χ3n) is 3.69. The van der Waals surface area contributed by atoms with Crippen molar-refractivity contribution in [2.45, 2.75) is 25.8 Å². The van der Waals surface area contributed by atoms with E-state index in [9.17, 15) is 4.79 Å². The van der Waals surface area contributed by atoms with E-state index in [4.69, 9.17) is 4.42 Å². The smallest absolute Gasteiger partial charge is 0.322 e. The zero-order valence-electron chi connectivity index (χ0n) is 11.5. The second kappa shape index (κ2) is 5.41. The van der Waals surface area contributed by atoms with Gasteiger partial charge in [0.2, 0.25) is 0 Å². The number of carbonyl (C=O) groups is 1. The van der Waals surface area contributed by atoms with Crippen molar-refractivity contribution in [3.8, 4) is 0 Å². The van der Waals surface area contributed by atoms with Crippen LogP contribution in [-0.2, 0) is 0 Å². The summed E-state index contributed by atoms with van der Waals surface area (Å²) in [5, 5.41) is 2.95. The lowest BCUT2D eigenvalue weighted by molar-refractivity contribution is 0.200. The number of amides is 2. The van der Waals surface area contributed by atoms with Crippen LogP contribution < -0.4 is 5.32 Å². The lowest BCUT2D eigenvalue weighted by Gasteiger charge is -2.23. The van der Waals surface area contributed by atoms with E-state index in [2.05, 4.69) is 5.32 Å². The molecule has 2 amide bonds. The molecule has 1 aromatic carbocycles. The molecule has 0 saturated carbocycles. The molecule has 0 radical (unpaired) electrons. The van der Waals surface area contributed by atoms with E-state index in [0.717, 1.165) is 30.8 Å². The predicted molar refractivity (Wildman–Crippen MR) is 77.6 cm³/mol. The molecule has 1 N–H and O–H groups in total. The topological polar surface area (TPSA) is 45.5 Å². The number of urea groups is 1. The van der Waals surface area contributed by atoms with Crippen LogP contribution in [0.5, 0.6) is 0 Å². The number of hydrogen-bond acceptors (Lipinski definition) is 2. The molecule has 1 saturated heterocycles. The molecule has 2 heterocycles. The van der Waals surface area contributed by atoms with Crippen LogP contribution in [0.4, 0.5) is 10.5 Å². The van der Waals surface area contributed by atoms with Gasteiger partial charge in [-0.3, -0.25) is 0 Å². The molecular formula is C16H18N2O2. The molecule has 20 heavy (non-hydrogen) atoms. The Balaban J connectivity index is 1.71. The molecular weight excluding hydrogens is 252 g/mol. The maximum atomic E-state index is 12.4. The van der Waals surface area contributed by atoms with Crippen molar-refractivity contribution >= 4 is 11.7 Å². The van der Waals surface area contributed by atoms with Crippen molar-refractivity contribution in [2.75, 3.05) is 11.9 Å². The Morgan fingerprint density at radius 1 is 1.30 bits per heavy atom. The zero-order valence-corrected chi connectivity index (χ0v) is 11.5. The van der Waals surface area contributed by atoms with Gasteiger partial charge in [0.25, 0.3) is 0 Å². The van der Waals surface area contributed by atoms with Crippen molar-refractivity contribution in [1.82, 2.24) is 4.90 Å². The largest absolute Gasteiger partial charge is 0.467 e. The molecule has 1 atom stereocenters. The Morgan fingerprint density at radius 2 is 2.10 bits per heavy atom. The Morgan fingerprint density at radius 3 is 2.80 bits per heavy atom. The van der Waals surface area contributed by atoms with Crippen LogP contribution in [0, 0.1) is 6.92 Å². The van der Waals surface area contributed by atoms with Crippen molar-refractivity contribution in [1.29, 1.82) is 0 Å². The van der Waals surface area contributed by atoms with Gasteiger partial charge < -0.3 is 14.6 Å². The summed E-state index contributed by atoms with van der Waals surface area (Å²) < 4.78 is 5.44. The van der Waals surface area contributed by atoms with Crippen LogP contribution in [0.1, 0.15) is 30.2 Å². The van der Waals surface area contributed by atoms with Gasteiger partial charge in [0.1, 0.15) is 5.76 Å². The Hall–Kier alpha value is -2.23. The third kappa shape index (κ3) is 2.54. The Kier molecular flexibility index (Phi) is 3.46. The number of hydrogen-bond donors (Lipinski definition) is 1. The van der Waals surface area contributed by atoms with E-state index in [0.29, 0.717) is 0 Å². The molecule has 1 aliphatic heterocycles. The molecule has 0 spiro atoms. The van der Waals surface area contributed by atoms with Gasteiger partial charge in [-0.05, 0) is 44.0 Å². The predicted octanol–water partition coefficient (Wildman–Crippen LogP) is 3.96. The minimum absolute atomic E-state index is 0.0513. The van der Waals surface area contributed by atoms with Gasteiger partial charge in [0, 0.05) is 12.2 Å². The van der Waals surface area contributed by atoms with Crippen molar-refractivity contribution in [3.63, 3.8) is 0 Å². The summed E-state index contributed by atoms with van der Waals surface area (Å²) in [6.07, 6.45) is 3.62. The van der Waals surface area contributed by atoms with E-state index < -0.39 is 0 Å². The molecule has 1 aromatic heterocycles. The molecule has 4 nitrogen and oxygen atoms in total. The quantitative estimate of drug-likeness (QED) is 0.897. The molecule has 2 aromatic rings.